The van der Waals surface area contributed by atoms with E-state index in [1.807, 2.05) is 36.4 Å². The SMILES string of the molecule is CCCCCCC(CCCCCC)N1C(=O)c2ccc3c4cccc5ccc6c7c(=O)oc(=O)c7c7cc(c2c3c7c6c54)C1=O. The van der Waals surface area contributed by atoms with Crippen molar-refractivity contribution in [3.63, 3.8) is 0 Å². The van der Waals surface area contributed by atoms with Crippen molar-refractivity contribution in [2.45, 2.75) is 84.1 Å². The van der Waals surface area contributed by atoms with Crippen LogP contribution in [0.5, 0.6) is 0 Å². The Morgan fingerprint density at radius 2 is 1.16 bits per heavy atom. The molecule has 1 aliphatic rings. The molecule has 0 unspecified atom stereocenters. The summed E-state index contributed by atoms with van der Waals surface area (Å²) in [6.45, 7) is 4.36. The first-order valence-electron chi connectivity index (χ1n) is 16.6. The first kappa shape index (κ1) is 27.9. The molecule has 0 saturated carbocycles. The number of benzene rings is 6. The Morgan fingerprint density at radius 3 is 1.87 bits per heavy atom. The second kappa shape index (κ2) is 10.5. The van der Waals surface area contributed by atoms with E-state index in [-0.39, 0.29) is 28.6 Å². The summed E-state index contributed by atoms with van der Waals surface area (Å²) in [7, 11) is 0. The van der Waals surface area contributed by atoms with Crippen molar-refractivity contribution in [1.29, 1.82) is 0 Å². The van der Waals surface area contributed by atoms with E-state index in [1.165, 1.54) is 4.90 Å². The van der Waals surface area contributed by atoms with Crippen LogP contribution in [0.1, 0.15) is 98.8 Å². The zero-order chi connectivity index (χ0) is 31.0. The third-order valence-electron chi connectivity index (χ3n) is 10.3. The van der Waals surface area contributed by atoms with Gasteiger partial charge in [0.1, 0.15) is 0 Å². The summed E-state index contributed by atoms with van der Waals surface area (Å²) in [4.78, 5) is 57.0. The van der Waals surface area contributed by atoms with E-state index in [2.05, 4.69) is 19.9 Å². The van der Waals surface area contributed by atoms with E-state index in [0.29, 0.717) is 27.3 Å². The molecule has 6 aromatic carbocycles. The van der Waals surface area contributed by atoms with Gasteiger partial charge in [-0.15, -0.1) is 0 Å². The molecule has 6 nitrogen and oxygen atoms in total. The smallest absolute Gasteiger partial charge is 0.347 e. The highest BCUT2D eigenvalue weighted by molar-refractivity contribution is 6.47. The lowest BCUT2D eigenvalue weighted by Gasteiger charge is -2.35. The molecule has 45 heavy (non-hydrogen) atoms. The van der Waals surface area contributed by atoms with E-state index < -0.39 is 11.3 Å². The van der Waals surface area contributed by atoms with Gasteiger partial charge in [-0.2, -0.15) is 0 Å². The first-order chi connectivity index (χ1) is 22.0. The monoisotopic (exact) mass is 597 g/mol. The minimum atomic E-state index is -0.693. The number of imide groups is 1. The van der Waals surface area contributed by atoms with Crippen LogP contribution in [-0.2, 0) is 0 Å². The molecule has 0 fully saturated rings. The van der Waals surface area contributed by atoms with Crippen LogP contribution in [0, 0.1) is 0 Å². The summed E-state index contributed by atoms with van der Waals surface area (Å²) in [5.41, 5.74) is -0.414. The predicted molar refractivity (Wildman–Crippen MR) is 182 cm³/mol. The minimum absolute atomic E-state index is 0.195. The fraction of sp³-hybridized carbons (Fsp3) is 0.333. The third-order valence-corrected chi connectivity index (χ3v) is 10.3. The Morgan fingerprint density at radius 1 is 0.556 bits per heavy atom. The Hall–Kier alpha value is -4.58. The number of unbranched alkanes of at least 4 members (excludes halogenated alkanes) is 6. The van der Waals surface area contributed by atoms with Gasteiger partial charge in [0.05, 0.1) is 10.8 Å². The van der Waals surface area contributed by atoms with Gasteiger partial charge in [0.15, 0.2) is 0 Å². The number of carbonyl (C=O) groups excluding carboxylic acids is 2. The molecule has 2 amide bonds. The highest BCUT2D eigenvalue weighted by atomic mass is 16.4. The van der Waals surface area contributed by atoms with Gasteiger partial charge in [0.25, 0.3) is 11.8 Å². The van der Waals surface area contributed by atoms with E-state index in [4.69, 9.17) is 4.42 Å². The molecule has 0 saturated heterocycles. The normalized spacial score (nSPS) is 14.0. The third kappa shape index (κ3) is 3.87. The Bertz CT molecular complexity index is 2390. The maximum Gasteiger partial charge on any atom is 0.347 e. The molecular weight excluding hydrogens is 562 g/mol. The molecule has 1 aliphatic heterocycles. The van der Waals surface area contributed by atoms with E-state index in [1.54, 1.807) is 6.07 Å². The highest BCUT2D eigenvalue weighted by Crippen LogP contribution is 2.49. The van der Waals surface area contributed by atoms with Crippen molar-refractivity contribution in [2.75, 3.05) is 0 Å². The topological polar surface area (TPSA) is 84.7 Å². The number of rotatable bonds is 11. The van der Waals surface area contributed by atoms with Gasteiger partial charge in [-0.25, -0.2) is 9.59 Å². The van der Waals surface area contributed by atoms with Crippen molar-refractivity contribution in [1.82, 2.24) is 4.90 Å². The Balaban J connectivity index is 1.43. The van der Waals surface area contributed by atoms with Gasteiger partial charge >= 0.3 is 11.3 Å². The molecule has 1 aromatic heterocycles. The molecule has 0 spiro atoms. The molecule has 0 bridgehead atoms. The van der Waals surface area contributed by atoms with Crippen LogP contribution in [0.3, 0.4) is 0 Å². The molecule has 0 radical (unpaired) electrons. The van der Waals surface area contributed by atoms with E-state index in [9.17, 15) is 19.2 Å². The summed E-state index contributed by atoms with van der Waals surface area (Å²) in [5, 5.41) is 8.72. The van der Waals surface area contributed by atoms with Gasteiger partial charge in [0.2, 0.25) is 0 Å². The van der Waals surface area contributed by atoms with E-state index >= 15 is 0 Å². The maximum absolute atomic E-state index is 14.6. The predicted octanol–water partition coefficient (Wildman–Crippen LogP) is 9.14. The second-order valence-electron chi connectivity index (χ2n) is 12.9. The number of carbonyl (C=O) groups is 2. The standard InChI is InChI=1S/C39H35NO5/c1-3-5-7-9-13-22(14-10-8-6-4-2)40-36(41)26-19-18-24-23-15-11-12-21-16-17-25-32(29(21)23)33-27(35-34(25)38(43)45-39(35)44)20-28(37(40)42)30(26)31(24)33/h11-12,15-20,22H,3-10,13-14H2,1-2H3. The van der Waals surface area contributed by atoms with Gasteiger partial charge in [0, 0.05) is 22.6 Å². The summed E-state index contributed by atoms with van der Waals surface area (Å²) >= 11 is 0. The molecule has 6 heteroatoms. The summed E-state index contributed by atoms with van der Waals surface area (Å²) in [6, 6.07) is 15.4. The summed E-state index contributed by atoms with van der Waals surface area (Å²) in [6.07, 6.45) is 10.1. The van der Waals surface area contributed by atoms with Crippen LogP contribution in [0.4, 0.5) is 0 Å². The van der Waals surface area contributed by atoms with Crippen molar-refractivity contribution in [3.8, 4) is 0 Å². The second-order valence-corrected chi connectivity index (χ2v) is 12.9. The molecule has 7 aromatic rings. The average Bonchev–Trinajstić information content (AvgIpc) is 3.35. The number of fused-ring (bicyclic) bond motifs is 4. The zero-order valence-corrected chi connectivity index (χ0v) is 25.8. The van der Waals surface area contributed by atoms with Gasteiger partial charge < -0.3 is 4.42 Å². The highest BCUT2D eigenvalue weighted by Gasteiger charge is 2.39. The number of hydrogen-bond donors (Lipinski definition) is 0. The molecule has 226 valence electrons. The molecule has 0 aliphatic carbocycles. The van der Waals surface area contributed by atoms with Crippen LogP contribution < -0.4 is 11.3 Å². The number of nitrogens with zero attached hydrogens (tertiary/aromatic N) is 1. The molecular formula is C39H35NO5. The average molecular weight is 598 g/mol. The minimum Gasteiger partial charge on any atom is -0.386 e. The van der Waals surface area contributed by atoms with Crippen LogP contribution in [-0.4, -0.2) is 22.8 Å². The molecule has 0 atom stereocenters. The van der Waals surface area contributed by atoms with Gasteiger partial charge in [-0.1, -0.05) is 102 Å². The maximum atomic E-state index is 14.6. The summed E-state index contributed by atoms with van der Waals surface area (Å²) < 4.78 is 5.20. The summed E-state index contributed by atoms with van der Waals surface area (Å²) in [5.74, 6) is -0.551. The van der Waals surface area contributed by atoms with E-state index in [0.717, 1.165) is 102 Å². The van der Waals surface area contributed by atoms with Crippen LogP contribution in [0.25, 0.3) is 64.6 Å². The lowest BCUT2D eigenvalue weighted by atomic mass is 9.80. The number of furan rings is 1. The van der Waals surface area contributed by atoms with Crippen molar-refractivity contribution < 1.29 is 14.0 Å². The van der Waals surface area contributed by atoms with Crippen LogP contribution in [0.2, 0.25) is 0 Å². The van der Waals surface area contributed by atoms with Crippen molar-refractivity contribution in [2.24, 2.45) is 0 Å². The van der Waals surface area contributed by atoms with Gasteiger partial charge in [-0.05, 0) is 73.5 Å². The largest absolute Gasteiger partial charge is 0.386 e. The Kier molecular flexibility index (Phi) is 6.52. The quantitative estimate of drug-likeness (QED) is 0.0642. The van der Waals surface area contributed by atoms with Crippen molar-refractivity contribution in [3.05, 3.63) is 80.5 Å². The van der Waals surface area contributed by atoms with Crippen LogP contribution >= 0.6 is 0 Å². The molecule has 2 heterocycles. The van der Waals surface area contributed by atoms with Crippen molar-refractivity contribution >= 4 is 76.4 Å². The van der Waals surface area contributed by atoms with Crippen LogP contribution in [0.15, 0.2) is 62.5 Å². The molecule has 8 rings (SSSR count). The number of hydrogen-bond acceptors (Lipinski definition) is 5. The fourth-order valence-electron chi connectivity index (χ4n) is 8.24. The first-order valence-corrected chi connectivity index (χ1v) is 16.6. The lowest BCUT2D eigenvalue weighted by molar-refractivity contribution is 0.0517. The fourth-order valence-corrected chi connectivity index (χ4v) is 8.24. The van der Waals surface area contributed by atoms with Gasteiger partial charge in [-0.3, -0.25) is 14.5 Å². The Labute approximate surface area is 259 Å². The molecule has 0 N–H and O–H groups in total. The zero-order valence-electron chi connectivity index (χ0n) is 25.8. The lowest BCUT2D eigenvalue weighted by Crippen LogP contribution is -2.47. The number of amides is 2.